The van der Waals surface area contributed by atoms with Crippen molar-refractivity contribution in [2.24, 2.45) is 5.92 Å². The number of aliphatic carboxylic acids is 1. The highest BCUT2D eigenvalue weighted by atomic mass is 19.4. The zero-order chi connectivity index (χ0) is 25.6. The van der Waals surface area contributed by atoms with Gasteiger partial charge in [0, 0.05) is 30.6 Å². The van der Waals surface area contributed by atoms with E-state index in [1.54, 1.807) is 26.0 Å². The van der Waals surface area contributed by atoms with Crippen LogP contribution in [0, 0.1) is 12.8 Å². The summed E-state index contributed by atoms with van der Waals surface area (Å²) in [7, 11) is 0. The number of halogens is 3. The van der Waals surface area contributed by atoms with Crippen molar-refractivity contribution in [2.45, 2.75) is 39.3 Å². The number of carbonyl (C=O) groups is 3. The molecular weight excluding hydrogens is 453 g/mol. The Morgan fingerprint density at radius 1 is 1.09 bits per heavy atom. The average molecular weight is 480 g/mol. The Kier molecular flexibility index (Phi) is 8.67. The molecule has 7 nitrogen and oxygen atoms in total. The highest BCUT2D eigenvalue weighted by Crippen LogP contribution is 2.33. The van der Waals surface area contributed by atoms with Crippen LogP contribution in [-0.4, -0.2) is 47.3 Å². The molecule has 1 amide bonds. The second kappa shape index (κ2) is 11.0. The average Bonchev–Trinajstić information content (AvgIpc) is 3.24. The molecule has 1 heterocycles. The van der Waals surface area contributed by atoms with E-state index in [1.165, 1.54) is 11.1 Å². The number of amides is 1. The van der Waals surface area contributed by atoms with Gasteiger partial charge >= 0.3 is 18.1 Å². The molecule has 1 aliphatic heterocycles. The number of carbonyl (C=O) groups excluding carboxylic acids is 1. The number of nitrogens with one attached hydrogen (secondary N) is 1. The van der Waals surface area contributed by atoms with Crippen molar-refractivity contribution in [1.29, 1.82) is 0 Å². The fourth-order valence-corrected chi connectivity index (χ4v) is 3.48. The summed E-state index contributed by atoms with van der Waals surface area (Å²) in [6, 6.07) is 13.8. The van der Waals surface area contributed by atoms with Crippen LogP contribution in [0.25, 0.3) is 0 Å². The highest BCUT2D eigenvalue weighted by Gasteiger charge is 2.38. The first-order valence-corrected chi connectivity index (χ1v) is 10.6. The summed E-state index contributed by atoms with van der Waals surface area (Å²) >= 11 is 0. The fraction of sp³-hybridized carbons (Fsp3) is 0.375. The van der Waals surface area contributed by atoms with Gasteiger partial charge in [0.15, 0.2) is 0 Å². The smallest absolute Gasteiger partial charge is 0.478 e. The third-order valence-electron chi connectivity index (χ3n) is 5.33. The lowest BCUT2D eigenvalue weighted by Gasteiger charge is -2.21. The van der Waals surface area contributed by atoms with Gasteiger partial charge in [-0.3, -0.25) is 4.79 Å². The zero-order valence-corrected chi connectivity index (χ0v) is 19.0. The van der Waals surface area contributed by atoms with Crippen LogP contribution in [0.15, 0.2) is 42.5 Å². The van der Waals surface area contributed by atoms with Crippen LogP contribution >= 0.6 is 0 Å². The second-order valence-electron chi connectivity index (χ2n) is 8.33. The van der Waals surface area contributed by atoms with Crippen LogP contribution in [0.4, 0.5) is 24.5 Å². The van der Waals surface area contributed by atoms with E-state index in [-0.39, 0.29) is 17.4 Å². The van der Waals surface area contributed by atoms with Gasteiger partial charge in [-0.05, 0) is 37.1 Å². The summed E-state index contributed by atoms with van der Waals surface area (Å²) in [6.07, 6.45) is -4.04. The maximum atomic E-state index is 11.9. The molecule has 34 heavy (non-hydrogen) atoms. The van der Waals surface area contributed by atoms with E-state index < -0.39 is 18.1 Å². The quantitative estimate of drug-likeness (QED) is 0.561. The number of aromatic carboxylic acids is 1. The van der Waals surface area contributed by atoms with Crippen molar-refractivity contribution in [1.82, 2.24) is 0 Å². The Balaban J connectivity index is 0.000000509. The third-order valence-corrected chi connectivity index (χ3v) is 5.33. The van der Waals surface area contributed by atoms with Crippen LogP contribution in [0.1, 0.15) is 47.7 Å². The lowest BCUT2D eigenvalue weighted by atomic mass is 9.97. The number of carboxylic acids is 2. The van der Waals surface area contributed by atoms with E-state index in [9.17, 15) is 27.9 Å². The maximum Gasteiger partial charge on any atom is 0.490 e. The summed E-state index contributed by atoms with van der Waals surface area (Å²) < 4.78 is 31.7. The number of anilines is 2. The summed E-state index contributed by atoms with van der Waals surface area (Å²) in [5.41, 5.74) is 3.94. The Morgan fingerprint density at radius 2 is 1.74 bits per heavy atom. The van der Waals surface area contributed by atoms with Gasteiger partial charge in [0.1, 0.15) is 0 Å². The van der Waals surface area contributed by atoms with E-state index in [1.807, 2.05) is 6.07 Å². The molecule has 0 aliphatic carbocycles. The molecule has 1 fully saturated rings. The summed E-state index contributed by atoms with van der Waals surface area (Å²) in [5.74, 6) is -3.75. The first kappa shape index (κ1) is 26.7. The molecule has 1 unspecified atom stereocenters. The van der Waals surface area contributed by atoms with Crippen LogP contribution in [0.3, 0.4) is 0 Å². The molecule has 2 aromatic rings. The highest BCUT2D eigenvalue weighted by molar-refractivity contribution is 6.01. The van der Waals surface area contributed by atoms with Crippen LogP contribution in [0.5, 0.6) is 0 Å². The largest absolute Gasteiger partial charge is 0.490 e. The normalized spacial score (nSPS) is 15.5. The Hall–Kier alpha value is -3.56. The zero-order valence-electron chi connectivity index (χ0n) is 19.0. The standard InChI is InChI=1S/C22H26N2O3.C2HF3O2/c1-14(2)21(25)23-20-8-7-18(12-19(20)22(26)27)24-10-9-17(13-24)16-6-4-5-15(3)11-16;3-2(4,5)1(6)7/h4-8,11-12,14,17H,9-10,13H2,1-3H3,(H,23,25)(H,26,27);(H,6,7). The van der Waals surface area contributed by atoms with Crippen LogP contribution < -0.4 is 10.2 Å². The molecule has 10 heteroatoms. The van der Waals surface area contributed by atoms with E-state index in [2.05, 4.69) is 41.4 Å². The van der Waals surface area contributed by atoms with Crippen molar-refractivity contribution < 1.29 is 37.8 Å². The van der Waals surface area contributed by atoms with Crippen molar-refractivity contribution in [3.8, 4) is 0 Å². The van der Waals surface area contributed by atoms with Crippen molar-refractivity contribution in [2.75, 3.05) is 23.3 Å². The number of alkyl halides is 3. The van der Waals surface area contributed by atoms with Gasteiger partial charge in [0.05, 0.1) is 11.3 Å². The molecule has 184 valence electrons. The van der Waals surface area contributed by atoms with Crippen molar-refractivity contribution in [3.05, 3.63) is 59.2 Å². The molecule has 3 N–H and O–H groups in total. The van der Waals surface area contributed by atoms with Crippen molar-refractivity contribution in [3.63, 3.8) is 0 Å². The molecule has 1 atom stereocenters. The minimum absolute atomic E-state index is 0.125. The van der Waals surface area contributed by atoms with Crippen LogP contribution in [0.2, 0.25) is 0 Å². The Morgan fingerprint density at radius 3 is 2.26 bits per heavy atom. The van der Waals surface area contributed by atoms with Gasteiger partial charge in [-0.2, -0.15) is 13.2 Å². The number of rotatable bonds is 5. The number of hydrogen-bond donors (Lipinski definition) is 3. The number of benzene rings is 2. The van der Waals surface area contributed by atoms with Crippen molar-refractivity contribution >= 4 is 29.2 Å². The van der Waals surface area contributed by atoms with Gasteiger partial charge in [-0.1, -0.05) is 43.7 Å². The molecule has 1 saturated heterocycles. The first-order valence-electron chi connectivity index (χ1n) is 10.6. The Bertz CT molecular complexity index is 1050. The molecule has 0 bridgehead atoms. The molecule has 0 spiro atoms. The van der Waals surface area contributed by atoms with Gasteiger partial charge in [-0.15, -0.1) is 0 Å². The summed E-state index contributed by atoms with van der Waals surface area (Å²) in [6.45, 7) is 7.40. The summed E-state index contributed by atoms with van der Waals surface area (Å²) in [4.78, 5) is 34.7. The lowest BCUT2D eigenvalue weighted by molar-refractivity contribution is -0.192. The Labute approximate surface area is 195 Å². The van der Waals surface area contributed by atoms with E-state index >= 15 is 0 Å². The first-order chi connectivity index (χ1) is 15.8. The molecule has 1 aliphatic rings. The summed E-state index contributed by atoms with van der Waals surface area (Å²) in [5, 5.41) is 19.4. The third kappa shape index (κ3) is 7.23. The second-order valence-corrected chi connectivity index (χ2v) is 8.33. The maximum absolute atomic E-state index is 11.9. The number of nitrogens with zero attached hydrogens (tertiary/aromatic N) is 1. The van der Waals surface area contributed by atoms with Gasteiger partial charge in [0.2, 0.25) is 5.91 Å². The monoisotopic (exact) mass is 480 g/mol. The number of carboxylic acid groups (broad SMARTS) is 2. The predicted molar refractivity (Wildman–Crippen MR) is 121 cm³/mol. The van der Waals surface area contributed by atoms with Gasteiger partial charge < -0.3 is 20.4 Å². The fourth-order valence-electron chi connectivity index (χ4n) is 3.48. The van der Waals surface area contributed by atoms with Crippen LogP contribution in [-0.2, 0) is 9.59 Å². The number of hydrogen-bond acceptors (Lipinski definition) is 4. The molecular formula is C24H27F3N2O5. The SMILES string of the molecule is Cc1cccc(C2CCN(c3ccc(NC(=O)C(C)C)c(C(=O)O)c3)C2)c1.O=C(O)C(F)(F)F. The lowest BCUT2D eigenvalue weighted by Crippen LogP contribution is -2.22. The molecule has 2 aromatic carbocycles. The van der Waals surface area contributed by atoms with Gasteiger partial charge in [-0.25, -0.2) is 9.59 Å². The van der Waals surface area contributed by atoms with Gasteiger partial charge in [0.25, 0.3) is 0 Å². The molecule has 3 rings (SSSR count). The van der Waals surface area contributed by atoms with E-state index in [0.717, 1.165) is 25.2 Å². The predicted octanol–water partition coefficient (Wildman–Crippen LogP) is 4.91. The number of aryl methyl sites for hydroxylation is 1. The minimum Gasteiger partial charge on any atom is -0.478 e. The minimum atomic E-state index is -5.08. The topological polar surface area (TPSA) is 107 Å². The molecule has 0 aromatic heterocycles. The van der Waals surface area contributed by atoms with E-state index in [4.69, 9.17) is 9.90 Å². The molecule has 0 saturated carbocycles. The molecule has 0 radical (unpaired) electrons. The van der Waals surface area contributed by atoms with E-state index in [0.29, 0.717) is 11.6 Å².